The molecule has 0 aliphatic carbocycles. The van der Waals surface area contributed by atoms with E-state index in [2.05, 4.69) is 19.7 Å². The maximum absolute atomic E-state index is 13.6. The number of hydrogen-bond acceptors (Lipinski definition) is 10. The van der Waals surface area contributed by atoms with Crippen molar-refractivity contribution in [3.05, 3.63) is 58.4 Å². The van der Waals surface area contributed by atoms with E-state index in [1.54, 1.807) is 0 Å². The number of hydrogen-bond donors (Lipinski definition) is 2. The topological polar surface area (TPSA) is 155 Å². The van der Waals surface area contributed by atoms with E-state index in [0.717, 1.165) is 17.0 Å². The lowest BCUT2D eigenvalue weighted by molar-refractivity contribution is -0.324. The Hall–Kier alpha value is -3.99. The SMILES string of the molecule is COc1cccc(OC)c1-n1c(CCCOC(F)(F)F)nc(O)c(NS(=O)(=O)CCc2ncc(F)cn2)c1=O. The molecule has 2 heterocycles. The smallest absolute Gasteiger partial charge is 0.494 e. The average molecular weight is 578 g/mol. The fraction of sp³-hybridized carbons (Fsp3) is 0.364. The largest absolute Gasteiger partial charge is 0.522 e. The van der Waals surface area contributed by atoms with Crippen molar-refractivity contribution in [3.8, 4) is 23.1 Å². The minimum atomic E-state index is -4.87. The van der Waals surface area contributed by atoms with Crippen molar-refractivity contribution in [3.63, 3.8) is 0 Å². The number of methoxy groups -OCH3 is 2. The number of benzene rings is 1. The van der Waals surface area contributed by atoms with E-state index >= 15 is 0 Å². The van der Waals surface area contributed by atoms with Crippen LogP contribution in [0.1, 0.15) is 18.1 Å². The molecular weight excluding hydrogens is 554 g/mol. The van der Waals surface area contributed by atoms with Crippen molar-refractivity contribution in [2.24, 2.45) is 0 Å². The average Bonchev–Trinajstić information content (AvgIpc) is 2.88. The number of aromatic nitrogens is 4. The van der Waals surface area contributed by atoms with Gasteiger partial charge < -0.3 is 14.6 Å². The van der Waals surface area contributed by atoms with Crippen LogP contribution in [0.2, 0.25) is 0 Å². The van der Waals surface area contributed by atoms with E-state index < -0.39 is 51.7 Å². The number of nitrogens with zero attached hydrogens (tertiary/aromatic N) is 4. The van der Waals surface area contributed by atoms with Crippen LogP contribution in [0.15, 0.2) is 35.4 Å². The first-order valence-electron chi connectivity index (χ1n) is 11.1. The van der Waals surface area contributed by atoms with Crippen LogP contribution in [0, 0.1) is 5.82 Å². The summed E-state index contributed by atoms with van der Waals surface area (Å²) in [7, 11) is -1.74. The highest BCUT2D eigenvalue weighted by Gasteiger charge is 2.29. The standard InChI is InChI=1S/C22H23F4N5O7S/c1-36-14-5-3-6-15(37-2)19(14)31-17(7-4-9-38-22(24,25)26)29-20(32)18(21(31)33)30-39(34,35)10-8-16-27-11-13(23)12-28-16/h3,5-6,11-12,30,32H,4,7-10H2,1-2H3. The van der Waals surface area contributed by atoms with Crippen molar-refractivity contribution in [2.45, 2.75) is 25.6 Å². The second-order valence-corrected chi connectivity index (χ2v) is 9.61. The van der Waals surface area contributed by atoms with Gasteiger partial charge in [0, 0.05) is 12.8 Å². The zero-order valence-electron chi connectivity index (χ0n) is 20.5. The molecule has 0 bridgehead atoms. The summed E-state index contributed by atoms with van der Waals surface area (Å²) in [6.45, 7) is -0.775. The molecule has 12 nitrogen and oxygen atoms in total. The van der Waals surface area contributed by atoms with Gasteiger partial charge in [0.15, 0.2) is 11.5 Å². The molecule has 212 valence electrons. The van der Waals surface area contributed by atoms with Gasteiger partial charge in [-0.05, 0) is 18.6 Å². The number of aryl methyl sites for hydroxylation is 2. The van der Waals surface area contributed by atoms with Gasteiger partial charge in [0.1, 0.15) is 28.8 Å². The van der Waals surface area contributed by atoms with E-state index in [1.807, 2.05) is 4.72 Å². The highest BCUT2D eigenvalue weighted by molar-refractivity contribution is 7.92. The summed E-state index contributed by atoms with van der Waals surface area (Å²) in [5.41, 5.74) is -1.98. The highest BCUT2D eigenvalue weighted by atomic mass is 32.2. The summed E-state index contributed by atoms with van der Waals surface area (Å²) in [6.07, 6.45) is -3.98. The predicted octanol–water partition coefficient (Wildman–Crippen LogP) is 2.34. The number of ether oxygens (including phenoxy) is 3. The van der Waals surface area contributed by atoms with Crippen molar-refractivity contribution >= 4 is 15.7 Å². The van der Waals surface area contributed by atoms with E-state index in [9.17, 15) is 35.9 Å². The minimum Gasteiger partial charge on any atom is -0.494 e. The molecule has 1 aromatic carbocycles. The van der Waals surface area contributed by atoms with Gasteiger partial charge in [-0.15, -0.1) is 13.2 Å². The summed E-state index contributed by atoms with van der Waals surface area (Å²) < 4.78 is 92.9. The molecule has 2 N–H and O–H groups in total. The van der Waals surface area contributed by atoms with Gasteiger partial charge in [-0.3, -0.25) is 18.8 Å². The molecule has 0 aliphatic rings. The molecule has 0 amide bonds. The van der Waals surface area contributed by atoms with Gasteiger partial charge in [0.25, 0.3) is 5.56 Å². The fourth-order valence-corrected chi connectivity index (χ4v) is 4.45. The third-order valence-electron chi connectivity index (χ3n) is 5.10. The van der Waals surface area contributed by atoms with E-state index in [-0.39, 0.29) is 48.1 Å². The second kappa shape index (κ2) is 12.2. The number of rotatable bonds is 12. The number of aromatic hydroxyl groups is 1. The molecule has 3 aromatic rings. The third kappa shape index (κ3) is 7.76. The van der Waals surface area contributed by atoms with E-state index in [0.29, 0.717) is 0 Å². The van der Waals surface area contributed by atoms with Crippen molar-refractivity contribution in [1.29, 1.82) is 0 Å². The Kier molecular flexibility index (Phi) is 9.28. The first kappa shape index (κ1) is 29.6. The zero-order valence-corrected chi connectivity index (χ0v) is 21.3. The first-order chi connectivity index (χ1) is 18.3. The molecule has 0 spiro atoms. The summed E-state index contributed by atoms with van der Waals surface area (Å²) in [4.78, 5) is 24.8. The van der Waals surface area contributed by atoms with Gasteiger partial charge in [0.05, 0.1) is 39.0 Å². The number of nitrogens with one attached hydrogen (secondary N) is 1. The van der Waals surface area contributed by atoms with Gasteiger partial charge in [-0.2, -0.15) is 4.98 Å². The number of alkyl halides is 3. The van der Waals surface area contributed by atoms with Crippen LogP contribution in [-0.2, 0) is 27.6 Å². The lowest BCUT2D eigenvalue weighted by Crippen LogP contribution is -2.30. The van der Waals surface area contributed by atoms with Crippen LogP contribution in [0.5, 0.6) is 17.4 Å². The normalized spacial score (nSPS) is 11.8. The Balaban J connectivity index is 2.03. The second-order valence-electron chi connectivity index (χ2n) is 7.76. The van der Waals surface area contributed by atoms with Crippen LogP contribution >= 0.6 is 0 Å². The Morgan fingerprint density at radius 1 is 1.08 bits per heavy atom. The Labute approximate surface area is 219 Å². The molecule has 0 atom stereocenters. The number of anilines is 1. The summed E-state index contributed by atoms with van der Waals surface area (Å²) in [5.74, 6) is -2.43. The van der Waals surface area contributed by atoms with Crippen molar-refractivity contribution < 1.29 is 45.3 Å². The fourth-order valence-electron chi connectivity index (χ4n) is 3.41. The quantitative estimate of drug-likeness (QED) is 0.242. The molecule has 0 saturated carbocycles. The van der Waals surface area contributed by atoms with Crippen LogP contribution in [0.4, 0.5) is 23.2 Å². The van der Waals surface area contributed by atoms with Crippen LogP contribution in [-0.4, -0.2) is 66.0 Å². The molecular formula is C22H23F4N5O7S. The van der Waals surface area contributed by atoms with E-state index in [1.165, 1.54) is 32.4 Å². The summed E-state index contributed by atoms with van der Waals surface area (Å²) >= 11 is 0. The van der Waals surface area contributed by atoms with Gasteiger partial charge >= 0.3 is 6.36 Å². The summed E-state index contributed by atoms with van der Waals surface area (Å²) in [5, 5.41) is 10.5. The first-order valence-corrected chi connectivity index (χ1v) is 12.7. The van der Waals surface area contributed by atoms with Crippen LogP contribution in [0.25, 0.3) is 5.69 Å². The number of halogens is 4. The predicted molar refractivity (Wildman–Crippen MR) is 128 cm³/mol. The Morgan fingerprint density at radius 3 is 2.26 bits per heavy atom. The van der Waals surface area contributed by atoms with E-state index in [4.69, 9.17) is 9.47 Å². The maximum Gasteiger partial charge on any atom is 0.522 e. The number of para-hydroxylation sites is 1. The highest BCUT2D eigenvalue weighted by Crippen LogP contribution is 2.33. The van der Waals surface area contributed by atoms with Gasteiger partial charge in [0.2, 0.25) is 15.9 Å². The zero-order chi connectivity index (χ0) is 28.8. The van der Waals surface area contributed by atoms with Crippen molar-refractivity contribution in [1.82, 2.24) is 19.5 Å². The van der Waals surface area contributed by atoms with Crippen molar-refractivity contribution in [2.75, 3.05) is 31.3 Å². The van der Waals surface area contributed by atoms with Crippen LogP contribution < -0.4 is 19.8 Å². The van der Waals surface area contributed by atoms with Gasteiger partial charge in [-0.25, -0.2) is 22.8 Å². The molecule has 17 heteroatoms. The molecule has 0 saturated heterocycles. The van der Waals surface area contributed by atoms with Crippen LogP contribution in [0.3, 0.4) is 0 Å². The molecule has 0 radical (unpaired) electrons. The molecule has 0 unspecified atom stereocenters. The monoisotopic (exact) mass is 577 g/mol. The molecule has 3 rings (SSSR count). The molecule has 2 aromatic heterocycles. The molecule has 39 heavy (non-hydrogen) atoms. The number of sulfonamides is 1. The third-order valence-corrected chi connectivity index (χ3v) is 6.35. The minimum absolute atomic E-state index is 0.0108. The Morgan fingerprint density at radius 2 is 1.69 bits per heavy atom. The summed E-state index contributed by atoms with van der Waals surface area (Å²) in [6, 6.07) is 4.46. The lowest BCUT2D eigenvalue weighted by Gasteiger charge is -2.20. The molecule has 0 fully saturated rings. The Bertz CT molecular complexity index is 1440. The van der Waals surface area contributed by atoms with Gasteiger partial charge in [-0.1, -0.05) is 6.07 Å². The molecule has 0 aliphatic heterocycles. The maximum atomic E-state index is 13.6. The lowest BCUT2D eigenvalue weighted by atomic mass is 10.2.